The van der Waals surface area contributed by atoms with E-state index in [1.54, 1.807) is 12.1 Å². The van der Waals surface area contributed by atoms with Gasteiger partial charge in [-0.1, -0.05) is 38.8 Å². The Balaban J connectivity index is 3.39. The molecule has 0 aliphatic rings. The van der Waals surface area contributed by atoms with Crippen LogP contribution in [0.2, 0.25) is 0 Å². The van der Waals surface area contributed by atoms with Crippen LogP contribution in [0, 0.1) is 22.7 Å². The molecule has 0 heterocycles. The van der Waals surface area contributed by atoms with Crippen molar-refractivity contribution in [3.05, 3.63) is 24.3 Å². The van der Waals surface area contributed by atoms with E-state index < -0.39 is 11.9 Å². The largest absolute Gasteiger partial charge is 0.462 e. The molecule has 0 aliphatic heterocycles. The van der Waals surface area contributed by atoms with Crippen LogP contribution >= 0.6 is 0 Å². The molecule has 0 amide bonds. The molecule has 0 saturated carbocycles. The number of carbonyl (C=O) groups is 2. The van der Waals surface area contributed by atoms with Crippen molar-refractivity contribution in [1.29, 1.82) is 10.5 Å². The van der Waals surface area contributed by atoms with Gasteiger partial charge in [0.1, 0.15) is 23.3 Å². The molecule has 0 unspecified atom stereocenters. The summed E-state index contributed by atoms with van der Waals surface area (Å²) in [5.41, 5.74) is -0.373. The second kappa shape index (κ2) is 12.2. The van der Waals surface area contributed by atoms with E-state index in [1.165, 1.54) is 0 Å². The summed E-state index contributed by atoms with van der Waals surface area (Å²) in [4.78, 5) is 22.2. The van der Waals surface area contributed by atoms with Gasteiger partial charge in [-0.25, -0.2) is 9.59 Å². The number of esters is 2. The Morgan fingerprint density at radius 2 is 1.05 bits per heavy atom. The van der Waals surface area contributed by atoms with Crippen molar-refractivity contribution in [2.24, 2.45) is 0 Å². The van der Waals surface area contributed by atoms with Gasteiger partial charge in [0.25, 0.3) is 0 Å². The fourth-order valence-electron chi connectivity index (χ4n) is 1.51. The van der Waals surface area contributed by atoms with Gasteiger partial charge in [-0.05, 0) is 12.8 Å². The third-order valence-corrected chi connectivity index (χ3v) is 2.77. The molecular weight excluding hydrogens is 284 g/mol. The molecule has 22 heavy (non-hydrogen) atoms. The lowest BCUT2D eigenvalue weighted by atomic mass is 10.1. The number of rotatable bonds is 11. The van der Waals surface area contributed by atoms with Gasteiger partial charge < -0.3 is 9.47 Å². The Labute approximate surface area is 130 Å². The number of nitriles is 2. The maximum absolute atomic E-state index is 11.1. The molecule has 6 nitrogen and oxygen atoms in total. The maximum atomic E-state index is 11.1. The number of carbonyl (C=O) groups excluding carboxylic acids is 2. The van der Waals surface area contributed by atoms with Crippen molar-refractivity contribution >= 4 is 11.9 Å². The highest BCUT2D eigenvalue weighted by atomic mass is 16.5. The van der Waals surface area contributed by atoms with E-state index in [0.29, 0.717) is 0 Å². The summed E-state index contributed by atoms with van der Waals surface area (Å²) in [5, 5.41) is 16.9. The third-order valence-electron chi connectivity index (χ3n) is 2.77. The van der Waals surface area contributed by atoms with Crippen LogP contribution in [0.1, 0.15) is 38.5 Å². The van der Waals surface area contributed by atoms with E-state index in [-0.39, 0.29) is 24.4 Å². The Morgan fingerprint density at radius 3 is 1.36 bits per heavy atom. The van der Waals surface area contributed by atoms with Crippen LogP contribution in [0.4, 0.5) is 0 Å². The quantitative estimate of drug-likeness (QED) is 0.252. The van der Waals surface area contributed by atoms with Gasteiger partial charge in [0.05, 0.1) is 13.2 Å². The summed E-state index contributed by atoms with van der Waals surface area (Å²) in [6, 6.07) is 3.27. The molecule has 6 heteroatoms. The van der Waals surface area contributed by atoms with Crippen molar-refractivity contribution < 1.29 is 19.1 Å². The Bertz CT molecular complexity index is 451. The molecular formula is C16H20N2O4. The summed E-state index contributed by atoms with van der Waals surface area (Å²) in [6.07, 6.45) is 5.27. The molecule has 0 fully saturated rings. The molecule has 0 aromatic heterocycles. The van der Waals surface area contributed by atoms with E-state index in [0.717, 1.165) is 38.5 Å². The van der Waals surface area contributed by atoms with Gasteiger partial charge in [-0.15, -0.1) is 0 Å². The zero-order valence-electron chi connectivity index (χ0n) is 12.6. The highest BCUT2D eigenvalue weighted by Crippen LogP contribution is 2.06. The predicted octanol–water partition coefficient (Wildman–Crippen LogP) is 2.57. The molecule has 0 N–H and O–H groups in total. The van der Waals surface area contributed by atoms with Gasteiger partial charge in [0, 0.05) is 0 Å². The lowest BCUT2D eigenvalue weighted by molar-refractivity contribution is -0.139. The minimum Gasteiger partial charge on any atom is -0.462 e. The van der Waals surface area contributed by atoms with Crippen LogP contribution in [-0.2, 0) is 19.1 Å². The zero-order chi connectivity index (χ0) is 16.8. The number of ether oxygens (including phenoxy) is 2. The molecule has 118 valence electrons. The average molecular weight is 304 g/mol. The van der Waals surface area contributed by atoms with Gasteiger partial charge in [-0.2, -0.15) is 10.5 Å². The summed E-state index contributed by atoms with van der Waals surface area (Å²) in [6.45, 7) is 7.10. The van der Waals surface area contributed by atoms with Crippen LogP contribution in [0.3, 0.4) is 0 Å². The van der Waals surface area contributed by atoms with E-state index in [9.17, 15) is 9.59 Å². The van der Waals surface area contributed by atoms with Gasteiger partial charge in [0.2, 0.25) is 0 Å². The van der Waals surface area contributed by atoms with Crippen LogP contribution in [0.5, 0.6) is 0 Å². The summed E-state index contributed by atoms with van der Waals surface area (Å²) in [7, 11) is 0. The number of nitrogens with zero attached hydrogens (tertiary/aromatic N) is 2. The van der Waals surface area contributed by atoms with Crippen molar-refractivity contribution in [2.45, 2.75) is 38.5 Å². The maximum Gasteiger partial charge on any atom is 0.348 e. The fraction of sp³-hybridized carbons (Fsp3) is 0.500. The molecule has 0 aromatic carbocycles. The molecule has 0 rings (SSSR count). The van der Waals surface area contributed by atoms with Crippen molar-refractivity contribution in [3.8, 4) is 12.1 Å². The first-order valence-electron chi connectivity index (χ1n) is 7.05. The minimum absolute atomic E-state index is 0.186. The topological polar surface area (TPSA) is 100 Å². The highest BCUT2D eigenvalue weighted by molar-refractivity contribution is 5.92. The molecule has 0 bridgehead atoms. The van der Waals surface area contributed by atoms with Crippen molar-refractivity contribution in [2.75, 3.05) is 13.2 Å². The van der Waals surface area contributed by atoms with Gasteiger partial charge in [-0.3, -0.25) is 0 Å². The smallest absolute Gasteiger partial charge is 0.348 e. The number of hydrogen-bond donors (Lipinski definition) is 0. The lowest BCUT2D eigenvalue weighted by Gasteiger charge is -2.04. The van der Waals surface area contributed by atoms with Gasteiger partial charge >= 0.3 is 11.9 Å². The van der Waals surface area contributed by atoms with Crippen LogP contribution in [0.25, 0.3) is 0 Å². The molecule has 0 spiro atoms. The van der Waals surface area contributed by atoms with E-state index in [4.69, 9.17) is 20.0 Å². The average Bonchev–Trinajstić information content (AvgIpc) is 2.54. The predicted molar refractivity (Wildman–Crippen MR) is 79.1 cm³/mol. The Morgan fingerprint density at radius 1 is 0.727 bits per heavy atom. The van der Waals surface area contributed by atoms with E-state index in [2.05, 4.69) is 13.2 Å². The molecule has 0 aliphatic carbocycles. The lowest BCUT2D eigenvalue weighted by Crippen LogP contribution is -2.07. The second-order valence-electron chi connectivity index (χ2n) is 4.57. The standard InChI is InChI=1S/C16H20N2O4/c1-13(11-17)15(19)21-9-7-5-3-4-6-8-10-22-16(20)14(2)12-18/h1-10H2. The number of unbranched alkanes of at least 4 members (excludes halogenated alkanes) is 5. The molecule has 0 aromatic rings. The SMILES string of the molecule is C=C(C#N)C(=O)OCCCCCCCCOC(=O)C(=C)C#N. The zero-order valence-corrected chi connectivity index (χ0v) is 12.6. The Kier molecular flexibility index (Phi) is 10.7. The minimum atomic E-state index is -0.664. The first kappa shape index (κ1) is 19.4. The van der Waals surface area contributed by atoms with Crippen LogP contribution in [0.15, 0.2) is 24.3 Å². The number of hydrogen-bond acceptors (Lipinski definition) is 6. The summed E-state index contributed by atoms with van der Waals surface area (Å²) in [5.74, 6) is -1.33. The summed E-state index contributed by atoms with van der Waals surface area (Å²) >= 11 is 0. The third kappa shape index (κ3) is 9.33. The molecule has 0 radical (unpaired) electrons. The van der Waals surface area contributed by atoms with Crippen LogP contribution in [-0.4, -0.2) is 25.2 Å². The Hall–Kier alpha value is -2.60. The fourth-order valence-corrected chi connectivity index (χ4v) is 1.51. The van der Waals surface area contributed by atoms with Crippen molar-refractivity contribution in [1.82, 2.24) is 0 Å². The molecule has 0 saturated heterocycles. The van der Waals surface area contributed by atoms with E-state index in [1.807, 2.05) is 0 Å². The van der Waals surface area contributed by atoms with Gasteiger partial charge in [0.15, 0.2) is 0 Å². The molecule has 0 atom stereocenters. The van der Waals surface area contributed by atoms with Crippen molar-refractivity contribution in [3.63, 3.8) is 0 Å². The highest BCUT2D eigenvalue weighted by Gasteiger charge is 2.07. The first-order valence-corrected chi connectivity index (χ1v) is 7.05. The monoisotopic (exact) mass is 304 g/mol. The normalized spacial score (nSPS) is 9.18. The van der Waals surface area contributed by atoms with E-state index >= 15 is 0 Å². The second-order valence-corrected chi connectivity index (χ2v) is 4.57. The van der Waals surface area contributed by atoms with Crippen LogP contribution < -0.4 is 0 Å². The first-order chi connectivity index (χ1) is 10.5. The summed E-state index contributed by atoms with van der Waals surface area (Å²) < 4.78 is 9.69.